The van der Waals surface area contributed by atoms with Gasteiger partial charge in [0.1, 0.15) is 0 Å². The van der Waals surface area contributed by atoms with Crippen LogP contribution in [-0.4, -0.2) is 44.1 Å². The highest BCUT2D eigenvalue weighted by Crippen LogP contribution is 2.08. The predicted molar refractivity (Wildman–Crippen MR) is 94.3 cm³/mol. The zero-order chi connectivity index (χ0) is 15.6. The molecule has 2 rings (SSSR count). The van der Waals surface area contributed by atoms with E-state index in [1.807, 2.05) is 7.05 Å². The summed E-state index contributed by atoms with van der Waals surface area (Å²) in [5.74, 6) is 0.891. The molecule has 4 heteroatoms. The van der Waals surface area contributed by atoms with Gasteiger partial charge in [0.05, 0.1) is 0 Å². The molecule has 1 aliphatic rings. The van der Waals surface area contributed by atoms with Crippen LogP contribution in [0.2, 0.25) is 0 Å². The fourth-order valence-electron chi connectivity index (χ4n) is 2.90. The van der Waals surface area contributed by atoms with Gasteiger partial charge in [-0.25, -0.2) is 0 Å². The second kappa shape index (κ2) is 9.46. The van der Waals surface area contributed by atoms with Crippen LogP contribution < -0.4 is 10.6 Å². The molecule has 0 radical (unpaired) electrons. The monoisotopic (exact) mass is 302 g/mol. The lowest BCUT2D eigenvalue weighted by Crippen LogP contribution is -2.37. The molecule has 22 heavy (non-hydrogen) atoms. The molecular formula is C18H30N4. The second-order valence-corrected chi connectivity index (χ2v) is 6.10. The van der Waals surface area contributed by atoms with Crippen LogP contribution in [0.15, 0.2) is 29.3 Å². The van der Waals surface area contributed by atoms with Crippen LogP contribution in [0.1, 0.15) is 36.8 Å². The Hall–Kier alpha value is -1.55. The zero-order valence-corrected chi connectivity index (χ0v) is 14.1. The molecule has 0 bridgehead atoms. The number of benzene rings is 1. The Kier molecular flexibility index (Phi) is 7.23. The number of guanidine groups is 1. The van der Waals surface area contributed by atoms with E-state index >= 15 is 0 Å². The number of unbranched alkanes of at least 4 members (excludes halogenated alkanes) is 1. The van der Waals surface area contributed by atoms with E-state index in [9.17, 15) is 0 Å². The first-order chi connectivity index (χ1) is 10.8. The van der Waals surface area contributed by atoms with Gasteiger partial charge in [0.25, 0.3) is 0 Å². The SMILES string of the molecule is CN=C(NCCCCN1CCCC1)NCc1cccc(C)c1. The number of aryl methyl sites for hydroxylation is 1. The molecular weight excluding hydrogens is 272 g/mol. The van der Waals surface area contributed by atoms with Crippen molar-refractivity contribution in [3.05, 3.63) is 35.4 Å². The van der Waals surface area contributed by atoms with Gasteiger partial charge in [-0.2, -0.15) is 0 Å². The van der Waals surface area contributed by atoms with Crippen LogP contribution in [0.3, 0.4) is 0 Å². The molecule has 1 aromatic carbocycles. The van der Waals surface area contributed by atoms with Gasteiger partial charge in [-0.1, -0.05) is 29.8 Å². The summed E-state index contributed by atoms with van der Waals surface area (Å²) in [6.07, 6.45) is 5.23. The number of hydrogen-bond acceptors (Lipinski definition) is 2. The lowest BCUT2D eigenvalue weighted by molar-refractivity contribution is 0.330. The maximum Gasteiger partial charge on any atom is 0.191 e. The number of likely N-dealkylation sites (tertiary alicyclic amines) is 1. The Balaban J connectivity index is 1.58. The van der Waals surface area contributed by atoms with E-state index < -0.39 is 0 Å². The molecule has 1 heterocycles. The van der Waals surface area contributed by atoms with E-state index in [0.29, 0.717) is 0 Å². The Morgan fingerprint density at radius 2 is 2.00 bits per heavy atom. The van der Waals surface area contributed by atoms with Gasteiger partial charge < -0.3 is 15.5 Å². The summed E-state index contributed by atoms with van der Waals surface area (Å²) in [4.78, 5) is 6.86. The third kappa shape index (κ3) is 6.06. The smallest absolute Gasteiger partial charge is 0.191 e. The average molecular weight is 302 g/mol. The minimum Gasteiger partial charge on any atom is -0.356 e. The summed E-state index contributed by atoms with van der Waals surface area (Å²) in [6, 6.07) is 8.57. The maximum atomic E-state index is 4.28. The molecule has 2 N–H and O–H groups in total. The molecule has 4 nitrogen and oxygen atoms in total. The molecule has 0 atom stereocenters. The normalized spacial score (nSPS) is 16.0. The van der Waals surface area contributed by atoms with Crippen molar-refractivity contribution in [3.63, 3.8) is 0 Å². The van der Waals surface area contributed by atoms with Gasteiger partial charge in [0.15, 0.2) is 5.96 Å². The summed E-state index contributed by atoms with van der Waals surface area (Å²) >= 11 is 0. The van der Waals surface area contributed by atoms with Crippen molar-refractivity contribution in [1.82, 2.24) is 15.5 Å². The molecule has 0 amide bonds. The minimum atomic E-state index is 0.815. The van der Waals surface area contributed by atoms with E-state index in [1.165, 1.54) is 56.4 Å². The van der Waals surface area contributed by atoms with E-state index in [2.05, 4.69) is 51.7 Å². The summed E-state index contributed by atoms with van der Waals surface area (Å²) < 4.78 is 0. The highest BCUT2D eigenvalue weighted by Gasteiger charge is 2.09. The van der Waals surface area contributed by atoms with Crippen molar-refractivity contribution in [3.8, 4) is 0 Å². The Labute approximate surface area is 135 Å². The number of nitrogens with one attached hydrogen (secondary N) is 2. The van der Waals surface area contributed by atoms with Gasteiger partial charge in [-0.05, 0) is 57.8 Å². The van der Waals surface area contributed by atoms with Crippen LogP contribution in [0.5, 0.6) is 0 Å². The highest BCUT2D eigenvalue weighted by molar-refractivity contribution is 5.79. The molecule has 1 saturated heterocycles. The number of hydrogen-bond donors (Lipinski definition) is 2. The van der Waals surface area contributed by atoms with E-state index in [1.54, 1.807) is 0 Å². The largest absolute Gasteiger partial charge is 0.356 e. The molecule has 0 spiro atoms. The number of nitrogens with zero attached hydrogens (tertiary/aromatic N) is 2. The first kappa shape index (κ1) is 16.8. The van der Waals surface area contributed by atoms with Crippen molar-refractivity contribution in [2.75, 3.05) is 33.2 Å². The Morgan fingerprint density at radius 1 is 1.18 bits per heavy atom. The second-order valence-electron chi connectivity index (χ2n) is 6.10. The third-order valence-corrected chi connectivity index (χ3v) is 4.16. The highest BCUT2D eigenvalue weighted by atomic mass is 15.2. The number of rotatable bonds is 7. The van der Waals surface area contributed by atoms with Crippen molar-refractivity contribution < 1.29 is 0 Å². The Morgan fingerprint density at radius 3 is 2.73 bits per heavy atom. The van der Waals surface area contributed by atoms with Gasteiger partial charge in [-0.3, -0.25) is 4.99 Å². The number of aliphatic imine (C=N–C) groups is 1. The van der Waals surface area contributed by atoms with E-state index in [-0.39, 0.29) is 0 Å². The van der Waals surface area contributed by atoms with Crippen LogP contribution in [0.4, 0.5) is 0 Å². The summed E-state index contributed by atoms with van der Waals surface area (Å²) in [7, 11) is 1.83. The topological polar surface area (TPSA) is 39.7 Å². The molecule has 0 unspecified atom stereocenters. The molecule has 1 fully saturated rings. The summed E-state index contributed by atoms with van der Waals surface area (Å²) in [5.41, 5.74) is 2.58. The Bertz CT molecular complexity index is 464. The molecule has 1 aromatic rings. The molecule has 122 valence electrons. The van der Waals surface area contributed by atoms with Crippen LogP contribution in [-0.2, 0) is 6.54 Å². The molecule has 0 aromatic heterocycles. The van der Waals surface area contributed by atoms with Gasteiger partial charge in [-0.15, -0.1) is 0 Å². The van der Waals surface area contributed by atoms with Crippen LogP contribution >= 0.6 is 0 Å². The van der Waals surface area contributed by atoms with Gasteiger partial charge in [0, 0.05) is 20.1 Å². The van der Waals surface area contributed by atoms with E-state index in [0.717, 1.165) is 19.0 Å². The first-order valence-electron chi connectivity index (χ1n) is 8.50. The standard InChI is InChI=1S/C18H30N4/c1-16-8-7-9-17(14-16)15-21-18(19-2)20-10-3-4-11-22-12-5-6-13-22/h7-9,14H,3-6,10-13,15H2,1-2H3,(H2,19,20,21). The molecule has 1 aliphatic heterocycles. The van der Waals surface area contributed by atoms with Crippen LogP contribution in [0, 0.1) is 6.92 Å². The third-order valence-electron chi connectivity index (χ3n) is 4.16. The first-order valence-corrected chi connectivity index (χ1v) is 8.50. The maximum absolute atomic E-state index is 4.28. The minimum absolute atomic E-state index is 0.815. The van der Waals surface area contributed by atoms with Crippen molar-refractivity contribution in [2.45, 2.75) is 39.2 Å². The van der Waals surface area contributed by atoms with E-state index in [4.69, 9.17) is 0 Å². The fraction of sp³-hybridized carbons (Fsp3) is 0.611. The molecule has 0 aliphatic carbocycles. The summed E-state index contributed by atoms with van der Waals surface area (Å²) in [5, 5.41) is 6.77. The van der Waals surface area contributed by atoms with Gasteiger partial charge >= 0.3 is 0 Å². The van der Waals surface area contributed by atoms with Crippen molar-refractivity contribution >= 4 is 5.96 Å². The predicted octanol–water partition coefficient (Wildman–Crippen LogP) is 2.54. The lowest BCUT2D eigenvalue weighted by Gasteiger charge is -2.15. The van der Waals surface area contributed by atoms with Gasteiger partial charge in [0.2, 0.25) is 0 Å². The fourth-order valence-corrected chi connectivity index (χ4v) is 2.90. The molecule has 0 saturated carbocycles. The van der Waals surface area contributed by atoms with Crippen LogP contribution in [0.25, 0.3) is 0 Å². The average Bonchev–Trinajstić information content (AvgIpc) is 3.03. The quantitative estimate of drug-likeness (QED) is 0.462. The lowest BCUT2D eigenvalue weighted by atomic mass is 10.1. The summed E-state index contributed by atoms with van der Waals surface area (Å²) in [6.45, 7) is 7.77. The van der Waals surface area contributed by atoms with Crippen molar-refractivity contribution in [1.29, 1.82) is 0 Å². The van der Waals surface area contributed by atoms with Crippen molar-refractivity contribution in [2.24, 2.45) is 4.99 Å². The zero-order valence-electron chi connectivity index (χ0n) is 14.1.